The van der Waals surface area contributed by atoms with Crippen LogP contribution in [0.2, 0.25) is 0 Å². The maximum Gasteiger partial charge on any atom is 0.416 e. The Balaban J connectivity index is 1.55. The number of nitrogens with zero attached hydrogens (tertiary/aromatic N) is 4. The highest BCUT2D eigenvalue weighted by Crippen LogP contribution is 2.31. The third kappa shape index (κ3) is 4.74. The summed E-state index contributed by atoms with van der Waals surface area (Å²) in [5.41, 5.74) is 2.58. The molecule has 4 rings (SSSR count). The monoisotopic (exact) mass is 439 g/mol. The van der Waals surface area contributed by atoms with Crippen LogP contribution in [0.1, 0.15) is 43.1 Å². The summed E-state index contributed by atoms with van der Waals surface area (Å²) in [5.74, 6) is 1.21. The summed E-state index contributed by atoms with van der Waals surface area (Å²) in [6.07, 6.45) is 8.13. The highest BCUT2D eigenvalue weighted by atomic mass is 19.4. The normalized spacial score (nSPS) is 15.9. The first-order valence-corrected chi connectivity index (χ1v) is 10.5. The summed E-state index contributed by atoms with van der Waals surface area (Å²) in [6, 6.07) is 3.46. The molecule has 0 unspecified atom stereocenters. The lowest BCUT2D eigenvalue weighted by Crippen LogP contribution is -2.30. The molecule has 0 spiro atoms. The second kappa shape index (κ2) is 8.98. The predicted octanol–water partition coefficient (Wildman–Crippen LogP) is 6.03. The summed E-state index contributed by atoms with van der Waals surface area (Å²) in [5, 5.41) is 0. The molecule has 5 nitrogen and oxygen atoms in total. The van der Waals surface area contributed by atoms with Gasteiger partial charge in [-0.25, -0.2) is 15.0 Å². The van der Waals surface area contributed by atoms with Gasteiger partial charge in [0.25, 0.3) is 0 Å². The van der Waals surface area contributed by atoms with Crippen LogP contribution in [0.25, 0.3) is 22.2 Å². The van der Waals surface area contributed by atoms with Gasteiger partial charge in [-0.3, -0.25) is 0 Å². The van der Waals surface area contributed by atoms with Gasteiger partial charge >= 0.3 is 6.18 Å². The van der Waals surface area contributed by atoms with E-state index in [0.717, 1.165) is 42.3 Å². The molecule has 3 aromatic rings. The zero-order valence-electron chi connectivity index (χ0n) is 17.8. The topological polar surface area (TPSA) is 57.7 Å². The lowest BCUT2D eigenvalue weighted by Gasteiger charge is -2.26. The molecule has 0 amide bonds. The predicted molar refractivity (Wildman–Crippen MR) is 121 cm³/mol. The number of imidazole rings is 1. The lowest BCUT2D eigenvalue weighted by atomic mass is 10.1. The first-order chi connectivity index (χ1) is 15.3. The second-order valence-corrected chi connectivity index (χ2v) is 7.81. The minimum Gasteiger partial charge on any atom is -0.341 e. The van der Waals surface area contributed by atoms with E-state index < -0.39 is 11.7 Å². The molecule has 0 saturated carbocycles. The van der Waals surface area contributed by atoms with Crippen LogP contribution >= 0.6 is 0 Å². The van der Waals surface area contributed by atoms with E-state index in [2.05, 4.69) is 31.4 Å². The molecule has 3 heterocycles. The third-order valence-corrected chi connectivity index (χ3v) is 5.55. The van der Waals surface area contributed by atoms with Crippen LogP contribution < -0.4 is 4.90 Å². The maximum absolute atomic E-state index is 13.0. The second-order valence-electron chi connectivity index (χ2n) is 7.81. The van der Waals surface area contributed by atoms with Gasteiger partial charge in [0, 0.05) is 36.6 Å². The molecule has 0 radical (unpaired) electrons. The number of anilines is 1. The smallest absolute Gasteiger partial charge is 0.341 e. The molecule has 1 aliphatic heterocycles. The van der Waals surface area contributed by atoms with E-state index in [1.807, 2.05) is 31.5 Å². The summed E-state index contributed by atoms with van der Waals surface area (Å²) in [7, 11) is 0. The summed E-state index contributed by atoms with van der Waals surface area (Å²) in [4.78, 5) is 18.6. The Morgan fingerprint density at radius 2 is 1.81 bits per heavy atom. The highest BCUT2D eigenvalue weighted by Gasteiger charge is 2.30. The number of alkyl halides is 3. The number of H-pyrrole nitrogens is 1. The molecule has 1 aromatic carbocycles. The summed E-state index contributed by atoms with van der Waals surface area (Å²) < 4.78 is 38.9. The van der Waals surface area contributed by atoms with Crippen molar-refractivity contribution in [1.82, 2.24) is 19.9 Å². The standard InChI is InChI=1S/C24H24F3N5/c1-3-17(22-30-20-10-9-19(24(25,26)27)13-21(20)31-22)8-7-16(2)18-14-28-23(29-15-18)32-11-5-4-6-12-32/h3,7-10,13-15H,1,4-6,11-12H2,2H3,(H,30,31)/b16-7+,17-8+. The Morgan fingerprint density at radius 1 is 1.09 bits per heavy atom. The molecule has 2 aromatic heterocycles. The van der Waals surface area contributed by atoms with Gasteiger partial charge in [-0.15, -0.1) is 0 Å². The van der Waals surface area contributed by atoms with E-state index >= 15 is 0 Å². The lowest BCUT2D eigenvalue weighted by molar-refractivity contribution is -0.137. The van der Waals surface area contributed by atoms with Gasteiger partial charge in [0.05, 0.1) is 16.6 Å². The Kier molecular flexibility index (Phi) is 6.12. The molecule has 166 valence electrons. The molecule has 1 saturated heterocycles. The number of benzene rings is 1. The fraction of sp³-hybridized carbons (Fsp3) is 0.292. The van der Waals surface area contributed by atoms with Crippen molar-refractivity contribution in [2.45, 2.75) is 32.4 Å². The third-order valence-electron chi connectivity index (χ3n) is 5.55. The van der Waals surface area contributed by atoms with Gasteiger partial charge < -0.3 is 9.88 Å². The first kappa shape index (κ1) is 21.8. The number of aromatic nitrogens is 4. The Labute approximate surface area is 184 Å². The van der Waals surface area contributed by atoms with E-state index in [9.17, 15) is 13.2 Å². The van der Waals surface area contributed by atoms with Gasteiger partial charge in [-0.2, -0.15) is 13.2 Å². The highest BCUT2D eigenvalue weighted by molar-refractivity contribution is 5.82. The van der Waals surface area contributed by atoms with Crippen molar-refractivity contribution in [3.8, 4) is 0 Å². The molecular weight excluding hydrogens is 415 g/mol. The molecule has 0 bridgehead atoms. The number of aromatic amines is 1. The quantitative estimate of drug-likeness (QED) is 0.493. The summed E-state index contributed by atoms with van der Waals surface area (Å²) >= 11 is 0. The minimum atomic E-state index is -4.40. The Morgan fingerprint density at radius 3 is 2.47 bits per heavy atom. The van der Waals surface area contributed by atoms with Gasteiger partial charge in [-0.1, -0.05) is 24.8 Å². The molecule has 32 heavy (non-hydrogen) atoms. The number of hydrogen-bond donors (Lipinski definition) is 1. The molecule has 1 aliphatic rings. The van der Waals surface area contributed by atoms with Crippen molar-refractivity contribution < 1.29 is 13.2 Å². The number of fused-ring (bicyclic) bond motifs is 1. The van der Waals surface area contributed by atoms with Gasteiger partial charge in [0.2, 0.25) is 5.95 Å². The van der Waals surface area contributed by atoms with Crippen LogP contribution in [0.15, 0.2) is 55.4 Å². The molecule has 8 heteroatoms. The van der Waals surface area contributed by atoms with E-state index in [4.69, 9.17) is 0 Å². The Hall–Kier alpha value is -3.42. The fourth-order valence-corrected chi connectivity index (χ4v) is 3.66. The van der Waals surface area contributed by atoms with Crippen molar-refractivity contribution in [3.63, 3.8) is 0 Å². The van der Waals surface area contributed by atoms with Crippen molar-refractivity contribution >= 4 is 28.1 Å². The van der Waals surface area contributed by atoms with Crippen molar-refractivity contribution in [1.29, 1.82) is 0 Å². The first-order valence-electron chi connectivity index (χ1n) is 10.5. The molecule has 1 N–H and O–H groups in total. The van der Waals surface area contributed by atoms with E-state index in [1.165, 1.54) is 25.3 Å². The molecule has 1 fully saturated rings. The van der Waals surface area contributed by atoms with Crippen LogP contribution in [0.3, 0.4) is 0 Å². The van der Waals surface area contributed by atoms with Crippen molar-refractivity contribution in [2.24, 2.45) is 0 Å². The summed E-state index contributed by atoms with van der Waals surface area (Å²) in [6.45, 7) is 7.74. The molecule has 0 atom stereocenters. The van der Waals surface area contributed by atoms with E-state index in [0.29, 0.717) is 22.4 Å². The van der Waals surface area contributed by atoms with Crippen LogP contribution in [-0.2, 0) is 6.18 Å². The molecule has 0 aliphatic carbocycles. The van der Waals surface area contributed by atoms with Crippen LogP contribution in [-0.4, -0.2) is 33.0 Å². The SMILES string of the molecule is C=C/C(=C\C=C(/C)c1cnc(N2CCCCC2)nc1)c1nc2ccc(C(F)(F)F)cc2[nH]1. The number of halogens is 3. The minimum absolute atomic E-state index is 0.324. The van der Waals surface area contributed by atoms with Crippen molar-refractivity contribution in [2.75, 3.05) is 18.0 Å². The van der Waals surface area contributed by atoms with Crippen molar-refractivity contribution in [3.05, 3.63) is 72.4 Å². The number of nitrogens with one attached hydrogen (secondary N) is 1. The Bertz CT molecular complexity index is 1170. The number of allylic oxidation sites excluding steroid dienone is 5. The van der Waals surface area contributed by atoms with Crippen LogP contribution in [0.5, 0.6) is 0 Å². The fourth-order valence-electron chi connectivity index (χ4n) is 3.66. The van der Waals surface area contributed by atoms with Crippen LogP contribution in [0, 0.1) is 0 Å². The van der Waals surface area contributed by atoms with Gasteiger partial charge in [0.15, 0.2) is 0 Å². The average molecular weight is 439 g/mol. The van der Waals surface area contributed by atoms with E-state index in [1.54, 1.807) is 6.08 Å². The van der Waals surface area contributed by atoms with Crippen LogP contribution in [0.4, 0.5) is 19.1 Å². The van der Waals surface area contributed by atoms with E-state index in [-0.39, 0.29) is 0 Å². The number of piperidine rings is 1. The number of hydrogen-bond acceptors (Lipinski definition) is 4. The zero-order valence-corrected chi connectivity index (χ0v) is 17.8. The maximum atomic E-state index is 13.0. The molecular formula is C24H24F3N5. The van der Waals surface area contributed by atoms with Gasteiger partial charge in [0.1, 0.15) is 5.82 Å². The van der Waals surface area contributed by atoms with Gasteiger partial charge in [-0.05, 0) is 50.0 Å². The number of rotatable bonds is 5. The largest absolute Gasteiger partial charge is 0.416 e. The zero-order chi connectivity index (χ0) is 22.7. The average Bonchev–Trinajstić information content (AvgIpc) is 3.22.